The third-order valence-corrected chi connectivity index (χ3v) is 2.76. The molecule has 62 valence electrons. The van der Waals surface area contributed by atoms with Gasteiger partial charge in [0.1, 0.15) is 6.29 Å². The van der Waals surface area contributed by atoms with Crippen molar-refractivity contribution in [3.63, 3.8) is 0 Å². The topological polar surface area (TPSA) is 17.1 Å². The molecule has 0 N–H and O–H groups in total. The highest BCUT2D eigenvalue weighted by Crippen LogP contribution is 2.39. The normalized spacial score (nSPS) is 37.8. The molecule has 0 heterocycles. The number of hydrogen-bond donors (Lipinski definition) is 0. The van der Waals surface area contributed by atoms with Gasteiger partial charge in [-0.2, -0.15) is 0 Å². The SMILES string of the molecule is O=CC12C=CC=CC1C=CCC2. The Morgan fingerprint density at radius 3 is 3.00 bits per heavy atom. The zero-order valence-corrected chi connectivity index (χ0v) is 6.94. The van der Waals surface area contributed by atoms with E-state index in [0.29, 0.717) is 5.92 Å². The molecule has 2 unspecified atom stereocenters. The van der Waals surface area contributed by atoms with Gasteiger partial charge < -0.3 is 4.79 Å². The molecule has 0 aromatic heterocycles. The highest BCUT2D eigenvalue weighted by atomic mass is 16.1. The first-order valence-corrected chi connectivity index (χ1v) is 4.36. The monoisotopic (exact) mass is 160 g/mol. The lowest BCUT2D eigenvalue weighted by Gasteiger charge is -2.34. The Hall–Kier alpha value is -1.11. The van der Waals surface area contributed by atoms with Crippen LogP contribution in [0, 0.1) is 11.3 Å². The van der Waals surface area contributed by atoms with Gasteiger partial charge in [0.25, 0.3) is 0 Å². The van der Waals surface area contributed by atoms with Crippen LogP contribution in [0.25, 0.3) is 0 Å². The number of aldehydes is 1. The summed E-state index contributed by atoms with van der Waals surface area (Å²) in [4.78, 5) is 11.0. The van der Waals surface area contributed by atoms with Crippen molar-refractivity contribution in [3.8, 4) is 0 Å². The molecule has 0 aromatic rings. The van der Waals surface area contributed by atoms with Gasteiger partial charge in [0, 0.05) is 5.92 Å². The van der Waals surface area contributed by atoms with Crippen LogP contribution in [0.2, 0.25) is 0 Å². The lowest BCUT2D eigenvalue weighted by atomic mass is 9.68. The molecule has 0 radical (unpaired) electrons. The Kier molecular flexibility index (Phi) is 1.72. The van der Waals surface area contributed by atoms with Gasteiger partial charge in [-0.1, -0.05) is 36.5 Å². The van der Waals surface area contributed by atoms with Gasteiger partial charge >= 0.3 is 0 Å². The molecule has 0 bridgehead atoms. The van der Waals surface area contributed by atoms with E-state index in [1.165, 1.54) is 0 Å². The minimum atomic E-state index is -0.219. The summed E-state index contributed by atoms with van der Waals surface area (Å²) in [6, 6.07) is 0. The second-order valence-corrected chi connectivity index (χ2v) is 3.47. The summed E-state index contributed by atoms with van der Waals surface area (Å²) in [5.74, 6) is 0.300. The van der Waals surface area contributed by atoms with Crippen molar-refractivity contribution >= 4 is 6.29 Å². The Bertz CT molecular complexity index is 273. The van der Waals surface area contributed by atoms with Crippen LogP contribution in [0.15, 0.2) is 36.5 Å². The van der Waals surface area contributed by atoms with Crippen LogP contribution in [0.3, 0.4) is 0 Å². The van der Waals surface area contributed by atoms with Crippen molar-refractivity contribution in [2.24, 2.45) is 11.3 Å². The third kappa shape index (κ3) is 0.970. The van der Waals surface area contributed by atoms with Crippen LogP contribution in [0.5, 0.6) is 0 Å². The minimum Gasteiger partial charge on any atom is -0.302 e. The summed E-state index contributed by atoms with van der Waals surface area (Å²) in [5, 5.41) is 0. The molecule has 12 heavy (non-hydrogen) atoms. The first-order valence-electron chi connectivity index (χ1n) is 4.36. The van der Waals surface area contributed by atoms with E-state index in [4.69, 9.17) is 0 Å². The fourth-order valence-corrected chi connectivity index (χ4v) is 1.96. The molecule has 2 atom stereocenters. The average Bonchev–Trinajstić information content (AvgIpc) is 2.18. The number of allylic oxidation sites excluding steroid dienone is 6. The molecule has 0 spiro atoms. The van der Waals surface area contributed by atoms with Gasteiger partial charge in [-0.15, -0.1) is 0 Å². The Morgan fingerprint density at radius 1 is 1.33 bits per heavy atom. The molecule has 0 aromatic carbocycles. The molecule has 2 rings (SSSR count). The van der Waals surface area contributed by atoms with Gasteiger partial charge in [-0.25, -0.2) is 0 Å². The van der Waals surface area contributed by atoms with E-state index >= 15 is 0 Å². The predicted octanol–water partition coefficient (Wildman–Crippen LogP) is 2.26. The van der Waals surface area contributed by atoms with Crippen molar-refractivity contribution < 1.29 is 4.79 Å². The van der Waals surface area contributed by atoms with Crippen LogP contribution in [0.4, 0.5) is 0 Å². The van der Waals surface area contributed by atoms with Crippen molar-refractivity contribution in [2.45, 2.75) is 12.8 Å². The summed E-state index contributed by atoms with van der Waals surface area (Å²) in [6.45, 7) is 0. The second-order valence-electron chi connectivity index (χ2n) is 3.47. The van der Waals surface area contributed by atoms with Crippen LogP contribution in [-0.4, -0.2) is 6.29 Å². The van der Waals surface area contributed by atoms with Crippen molar-refractivity contribution in [1.29, 1.82) is 0 Å². The van der Waals surface area contributed by atoms with Crippen LogP contribution < -0.4 is 0 Å². The minimum absolute atomic E-state index is 0.219. The number of hydrogen-bond acceptors (Lipinski definition) is 1. The van der Waals surface area contributed by atoms with Gasteiger partial charge in [-0.3, -0.25) is 0 Å². The van der Waals surface area contributed by atoms with E-state index in [2.05, 4.69) is 18.2 Å². The molecule has 1 heteroatoms. The number of rotatable bonds is 1. The van der Waals surface area contributed by atoms with Crippen molar-refractivity contribution in [2.75, 3.05) is 0 Å². The van der Waals surface area contributed by atoms with Gasteiger partial charge in [0.15, 0.2) is 0 Å². The maximum absolute atomic E-state index is 11.0. The zero-order valence-electron chi connectivity index (χ0n) is 6.94. The van der Waals surface area contributed by atoms with Gasteiger partial charge in [-0.05, 0) is 12.8 Å². The summed E-state index contributed by atoms with van der Waals surface area (Å²) in [5.41, 5.74) is -0.219. The maximum Gasteiger partial charge on any atom is 0.130 e. The first-order chi connectivity index (χ1) is 5.87. The standard InChI is InChI=1S/C11H12O/c12-9-11-7-3-1-5-10(11)6-2-4-8-11/h1-3,5-7,9-10H,4,8H2. The largest absolute Gasteiger partial charge is 0.302 e. The molecule has 0 aliphatic heterocycles. The fraction of sp³-hybridized carbons (Fsp3) is 0.364. The van der Waals surface area contributed by atoms with E-state index in [9.17, 15) is 4.79 Å². The average molecular weight is 160 g/mol. The molecule has 2 aliphatic rings. The Morgan fingerprint density at radius 2 is 2.25 bits per heavy atom. The zero-order chi connectivity index (χ0) is 8.44. The van der Waals surface area contributed by atoms with Crippen LogP contribution in [-0.2, 0) is 4.79 Å². The van der Waals surface area contributed by atoms with Crippen LogP contribution in [0.1, 0.15) is 12.8 Å². The smallest absolute Gasteiger partial charge is 0.130 e. The fourth-order valence-electron chi connectivity index (χ4n) is 1.96. The molecule has 0 fully saturated rings. The molecule has 0 saturated heterocycles. The number of carbonyl (C=O) groups excluding carboxylic acids is 1. The Balaban J connectivity index is 2.39. The lowest BCUT2D eigenvalue weighted by molar-refractivity contribution is -0.115. The predicted molar refractivity (Wildman–Crippen MR) is 48.6 cm³/mol. The van der Waals surface area contributed by atoms with E-state index in [1.807, 2.05) is 18.2 Å². The van der Waals surface area contributed by atoms with E-state index in [0.717, 1.165) is 19.1 Å². The van der Waals surface area contributed by atoms with E-state index in [1.54, 1.807) is 0 Å². The summed E-state index contributed by atoms with van der Waals surface area (Å²) >= 11 is 0. The van der Waals surface area contributed by atoms with Crippen molar-refractivity contribution in [1.82, 2.24) is 0 Å². The lowest BCUT2D eigenvalue weighted by Crippen LogP contribution is -2.31. The van der Waals surface area contributed by atoms with Crippen LogP contribution >= 0.6 is 0 Å². The third-order valence-electron chi connectivity index (χ3n) is 2.76. The van der Waals surface area contributed by atoms with E-state index in [-0.39, 0.29) is 5.41 Å². The van der Waals surface area contributed by atoms with Crippen molar-refractivity contribution in [3.05, 3.63) is 36.5 Å². The molecule has 1 nitrogen and oxygen atoms in total. The molecular formula is C11H12O. The second kappa shape index (κ2) is 2.74. The molecule has 2 aliphatic carbocycles. The van der Waals surface area contributed by atoms with E-state index < -0.39 is 0 Å². The Labute approximate surface area is 72.5 Å². The molecule has 0 saturated carbocycles. The number of carbonyl (C=O) groups is 1. The quantitative estimate of drug-likeness (QED) is 0.425. The van der Waals surface area contributed by atoms with Gasteiger partial charge in [0.2, 0.25) is 0 Å². The summed E-state index contributed by atoms with van der Waals surface area (Å²) < 4.78 is 0. The highest BCUT2D eigenvalue weighted by molar-refractivity contribution is 5.66. The first kappa shape index (κ1) is 7.53. The molecule has 0 amide bonds. The van der Waals surface area contributed by atoms with Gasteiger partial charge in [0.05, 0.1) is 5.41 Å². The highest BCUT2D eigenvalue weighted by Gasteiger charge is 2.35. The maximum atomic E-state index is 11.0. The summed E-state index contributed by atoms with van der Waals surface area (Å²) in [7, 11) is 0. The number of fused-ring (bicyclic) bond motifs is 1. The summed E-state index contributed by atoms with van der Waals surface area (Å²) in [6.07, 6.45) is 15.5. The molecular weight excluding hydrogens is 148 g/mol.